The standard InChI is InChI=1S/C22H30I.2C20H26I.C12H10I.C12H20O7S.C11H14O7S.C11H18O5S.C9H14O6S/c1-7-21(3,4)17-9-13-19(14-10-17)23-20-15-11-18(12-16-20)22(5,6)8-2;2*1-19(2,3)15-7-11-17(12-8-15)21-18-13-9-16(10-14-18)20(4,5)6;1-3-7-11(8-4-1)13-12-9-5-2-6-10-12;13-11(14)9-5-1-2-6-10(9)12(15)19-7-3-4-8-20(16,17)18;12-10(17-1-2-19(14,15)16)8-5-3-6-7(4-5)18-11(13)9(6)8;12-11(16-4-1-5-17(13,14)15)10-7-8-2-3-9(10)6-8;10-9(14-3-4-16(11,12)13)7-5-6-1-2-8(7)15-6/h9-16H,7-8H2,1-6H3;2*7-14H,1-6H3;1-10H;9-10H,1-8H2,(H,13,14)(H,16,17,18);5-9H,1-4H2,(H,14,15,16);8-10H,1-7H2,(H,13,14,15);6-8H,1-5H2,(H,11,12,13)/q4*+1;;;;/p-4. The van der Waals surface area contributed by atoms with Gasteiger partial charge in [0.1, 0.15) is 19.3 Å². The molecular weight excluding hydrogens is 2440 g/mol. The third-order valence-corrected chi connectivity index (χ3v) is 42.4. The first-order valence-electron chi connectivity index (χ1n) is 52.0. The van der Waals surface area contributed by atoms with E-state index in [9.17, 15) is 80.6 Å². The average Bonchev–Trinajstić information content (AvgIpc) is 1.56. The zero-order chi connectivity index (χ0) is 111. The highest BCUT2D eigenvalue weighted by molar-refractivity contribution is 7.86. The molecule has 3 heterocycles. The molecule has 8 fully saturated rings. The Morgan fingerprint density at radius 1 is 0.340 bits per heavy atom. The summed E-state index contributed by atoms with van der Waals surface area (Å²) in [5.74, 6) is -6.72. The topological polar surface area (TPSA) is 407 Å². The van der Waals surface area contributed by atoms with Gasteiger partial charge in [0.15, 0.2) is 28.6 Å². The molecule has 0 amide bonds. The maximum absolute atomic E-state index is 11.9. The van der Waals surface area contributed by atoms with E-state index in [0.29, 0.717) is 37.5 Å². The van der Waals surface area contributed by atoms with Crippen molar-refractivity contribution in [2.24, 2.45) is 59.2 Å². The number of esters is 5. The van der Waals surface area contributed by atoms with Gasteiger partial charge in [-0.05, 0) is 277 Å². The summed E-state index contributed by atoms with van der Waals surface area (Å²) in [6, 6.07) is 76.9. The summed E-state index contributed by atoms with van der Waals surface area (Å²) in [5, 5.41) is 9.05. The Kier molecular flexibility index (Phi) is 48.4. The molecule has 13 unspecified atom stereocenters. The van der Waals surface area contributed by atoms with E-state index in [0.717, 1.165) is 51.4 Å². The highest BCUT2D eigenvalue weighted by atomic mass is 127. The maximum Gasteiger partial charge on any atom is 0.357 e. The van der Waals surface area contributed by atoms with Crippen LogP contribution >= 0.6 is 0 Å². The smallest absolute Gasteiger partial charge is 0.357 e. The third-order valence-electron chi connectivity index (χ3n) is 28.8. The maximum atomic E-state index is 11.9. The summed E-state index contributed by atoms with van der Waals surface area (Å²) < 4.78 is 166. The van der Waals surface area contributed by atoms with Gasteiger partial charge >= 0.3 is 121 Å². The lowest BCUT2D eigenvalue weighted by Gasteiger charge is -2.26. The molecule has 16 rings (SSSR count). The lowest BCUT2D eigenvalue weighted by atomic mass is 9.79. The molecule has 6 bridgehead atoms. The van der Waals surface area contributed by atoms with Crippen molar-refractivity contribution in [3.05, 3.63) is 268 Å². The van der Waals surface area contributed by atoms with Gasteiger partial charge in [0.05, 0.1) is 113 Å². The van der Waals surface area contributed by atoms with Crippen LogP contribution in [0.25, 0.3) is 0 Å². The van der Waals surface area contributed by atoms with Crippen LogP contribution in [0.2, 0.25) is 0 Å². The molecule has 8 aromatic rings. The van der Waals surface area contributed by atoms with E-state index >= 15 is 0 Å². The minimum absolute atomic E-state index is 0.0111. The molecule has 5 aliphatic carbocycles. The van der Waals surface area contributed by atoms with Crippen LogP contribution < -0.4 is 84.8 Å². The molecule has 3 aliphatic heterocycles. The Morgan fingerprint density at radius 2 is 0.680 bits per heavy atom. The van der Waals surface area contributed by atoms with Crippen molar-refractivity contribution in [3.8, 4) is 0 Å². The Labute approximate surface area is 934 Å². The van der Waals surface area contributed by atoms with Gasteiger partial charge in [0.2, 0.25) is 0 Å². The Balaban J connectivity index is 0.000000191. The minimum Gasteiger partial charge on any atom is -0.748 e. The summed E-state index contributed by atoms with van der Waals surface area (Å²) in [6.07, 6.45) is 13.7. The largest absolute Gasteiger partial charge is 0.748 e. The normalized spacial score (nSPS) is 21.5. The highest BCUT2D eigenvalue weighted by Gasteiger charge is 2.64. The number of ether oxygens (including phenoxy) is 6. The van der Waals surface area contributed by atoms with Gasteiger partial charge in [-0.2, -0.15) is 0 Å². The van der Waals surface area contributed by atoms with Gasteiger partial charge in [0, 0.05) is 17.4 Å². The third kappa shape index (κ3) is 42.6. The van der Waals surface area contributed by atoms with Crippen molar-refractivity contribution in [2.45, 2.75) is 291 Å². The zero-order valence-electron chi connectivity index (χ0n) is 89.9. The zero-order valence-corrected chi connectivity index (χ0v) is 102. The number of carbonyl (C=O) groups excluding carboxylic acids is 5. The lowest BCUT2D eigenvalue weighted by Crippen LogP contribution is -3.61. The number of hydrogen-bond acceptors (Lipinski definition) is 24. The fourth-order valence-electron chi connectivity index (χ4n) is 19.2. The second-order valence-electron chi connectivity index (χ2n) is 45.0. The number of halogens is 4. The molecule has 0 radical (unpaired) electrons. The summed E-state index contributed by atoms with van der Waals surface area (Å²) in [5.41, 5.74) is 10.1. The Bertz CT molecular complexity index is 5810. The number of benzene rings is 8. The number of unbranched alkanes of at least 4 members (excludes halogenated alkanes) is 1. The number of carbonyl (C=O) groups is 6. The Hall–Kier alpha value is -6.90. The first-order chi connectivity index (χ1) is 70.1. The van der Waals surface area contributed by atoms with Crippen LogP contribution in [0.5, 0.6) is 0 Å². The molecule has 824 valence electrons. The molecule has 0 aromatic heterocycles. The molecule has 25 nitrogen and oxygen atoms in total. The van der Waals surface area contributed by atoms with E-state index in [2.05, 4.69) is 331 Å². The second-order valence-corrected chi connectivity index (χ2v) is 63.2. The van der Waals surface area contributed by atoms with Gasteiger partial charge < -0.3 is 51.7 Å². The van der Waals surface area contributed by atoms with Crippen LogP contribution in [0.15, 0.2) is 206 Å². The molecule has 0 spiro atoms. The van der Waals surface area contributed by atoms with Crippen molar-refractivity contribution >= 4 is 76.3 Å². The monoisotopic (exact) mass is 2590 g/mol. The van der Waals surface area contributed by atoms with Gasteiger partial charge in [-0.3, -0.25) is 28.8 Å². The van der Waals surface area contributed by atoms with Crippen LogP contribution in [0.3, 0.4) is 0 Å². The lowest BCUT2D eigenvalue weighted by molar-refractivity contribution is -0.597. The van der Waals surface area contributed by atoms with Crippen molar-refractivity contribution in [1.29, 1.82) is 0 Å². The first-order valence-corrected chi connectivity index (χ1v) is 66.9. The molecule has 5 saturated carbocycles. The number of rotatable bonds is 32. The summed E-state index contributed by atoms with van der Waals surface area (Å²) in [6.45, 7) is 40.3. The van der Waals surface area contributed by atoms with Crippen molar-refractivity contribution < 1.29 is 199 Å². The van der Waals surface area contributed by atoms with Crippen molar-refractivity contribution in [3.63, 3.8) is 0 Å². The van der Waals surface area contributed by atoms with Crippen LogP contribution in [0, 0.1) is 87.7 Å². The fraction of sp³-hybridized carbons (Fsp3) is 0.538. The molecular formula is C117H154I4O25S4. The van der Waals surface area contributed by atoms with E-state index in [1.54, 1.807) is 0 Å². The molecule has 1 N–H and O–H groups in total. The van der Waals surface area contributed by atoms with Gasteiger partial charge in [-0.1, -0.05) is 253 Å². The molecule has 150 heavy (non-hydrogen) atoms. The predicted molar refractivity (Wildman–Crippen MR) is 560 cm³/mol. The fourth-order valence-corrected chi connectivity index (χ4v) is 29.5. The van der Waals surface area contributed by atoms with Crippen LogP contribution in [-0.2, 0) is 130 Å². The SMILES string of the molecule is CC(C)(C)c1ccc([I+]c2ccc(C(C)(C)C)cc2)cc1.CC(C)(C)c1ccc([I+]c2ccc(C(C)(C)C)cc2)cc1.CCC(C)(C)c1ccc([I+]c2ccc(C(C)(C)CC)cc2)cc1.O=C(O)C1CCCCC1C(=O)OCCCCS(=O)(=O)[O-].O=C(OCCCS(=O)(=O)[O-])C1CC2CCC1C2.O=C(OCCS(=O)(=O)[O-])C1C2CC3OC(=O)C1C3C2.O=C(OCCS(=O)(=O)[O-])C1CC2CCC1O2.c1ccc([I+]c2ccccc2)cc1. The van der Waals surface area contributed by atoms with Crippen molar-refractivity contribution in [1.82, 2.24) is 0 Å². The van der Waals surface area contributed by atoms with Crippen LogP contribution in [-0.4, -0.2) is 161 Å². The van der Waals surface area contributed by atoms with E-state index in [1.165, 1.54) is 81.2 Å². The first kappa shape index (κ1) is 127. The molecule has 8 aliphatic rings. The van der Waals surface area contributed by atoms with Gasteiger partial charge in [-0.25, -0.2) is 33.7 Å². The van der Waals surface area contributed by atoms with E-state index in [-0.39, 0.29) is 210 Å². The summed E-state index contributed by atoms with van der Waals surface area (Å²) in [4.78, 5) is 69.7. The van der Waals surface area contributed by atoms with E-state index in [1.807, 2.05) is 0 Å². The number of aliphatic carboxylic acids is 1. The van der Waals surface area contributed by atoms with Crippen LogP contribution in [0.4, 0.5) is 0 Å². The molecule has 33 heteroatoms. The number of carboxylic acid groups (broad SMARTS) is 1. The van der Waals surface area contributed by atoms with Gasteiger partial charge in [-0.15, -0.1) is 0 Å². The van der Waals surface area contributed by atoms with Gasteiger partial charge in [0.25, 0.3) is 0 Å². The molecule has 3 saturated heterocycles. The molecule has 13 atom stereocenters. The Morgan fingerprint density at radius 3 is 1.01 bits per heavy atom. The van der Waals surface area contributed by atoms with E-state index in [4.69, 9.17) is 33.5 Å². The summed E-state index contributed by atoms with van der Waals surface area (Å²) >= 11 is -0.191. The quantitative estimate of drug-likeness (QED) is 0.0136. The number of carboxylic acids is 1. The minimum atomic E-state index is -4.39. The highest BCUT2D eigenvalue weighted by Crippen LogP contribution is 2.58. The number of fused-ring (bicyclic) bond motifs is 5. The van der Waals surface area contributed by atoms with Crippen molar-refractivity contribution in [2.75, 3.05) is 49.4 Å². The predicted octanol–water partition coefficient (Wildman–Crippen LogP) is 8.39. The van der Waals surface area contributed by atoms with E-state index < -0.39 is 118 Å². The molecule has 8 aromatic carbocycles. The average molecular weight is 2600 g/mol. The summed E-state index contributed by atoms with van der Waals surface area (Å²) in [7, 11) is -17.1. The van der Waals surface area contributed by atoms with Crippen LogP contribution in [0.1, 0.15) is 274 Å². The number of hydrogen-bond donors (Lipinski definition) is 1. The second kappa shape index (κ2) is 57.4.